The summed E-state index contributed by atoms with van der Waals surface area (Å²) < 4.78 is 0. The molecule has 160 valence electrons. The minimum absolute atomic E-state index is 0.0717. The van der Waals surface area contributed by atoms with Gasteiger partial charge in [0.15, 0.2) is 0 Å². The Morgan fingerprint density at radius 2 is 1.83 bits per heavy atom. The zero-order valence-electron chi connectivity index (χ0n) is 17.7. The number of likely N-dealkylation sites (tertiary alicyclic amines) is 2. The minimum atomic E-state index is -0.196. The number of nitrogens with one attached hydrogen (secondary N) is 1. The molecular weight excluding hydrogens is 366 g/mol. The molecule has 0 aliphatic carbocycles. The Kier molecular flexibility index (Phi) is 7.64. The molecule has 29 heavy (non-hydrogen) atoms. The number of amides is 2. The van der Waals surface area contributed by atoms with Crippen molar-refractivity contribution in [3.05, 3.63) is 35.9 Å². The molecule has 0 radical (unpaired) electrons. The first kappa shape index (κ1) is 21.7. The van der Waals surface area contributed by atoms with Crippen molar-refractivity contribution in [1.29, 1.82) is 0 Å². The van der Waals surface area contributed by atoms with Gasteiger partial charge in [-0.15, -0.1) is 0 Å². The maximum Gasteiger partial charge on any atom is 0.234 e. The molecule has 2 atom stereocenters. The monoisotopic (exact) mass is 401 g/mol. The Labute approximate surface area is 174 Å². The van der Waals surface area contributed by atoms with E-state index in [9.17, 15) is 9.59 Å². The molecule has 2 aliphatic heterocycles. The average molecular weight is 402 g/mol. The highest BCUT2D eigenvalue weighted by Crippen LogP contribution is 2.25. The maximum atomic E-state index is 12.5. The lowest BCUT2D eigenvalue weighted by molar-refractivity contribution is -0.123. The molecule has 3 N–H and O–H groups in total. The van der Waals surface area contributed by atoms with E-state index in [2.05, 4.69) is 32.1 Å². The summed E-state index contributed by atoms with van der Waals surface area (Å²) in [4.78, 5) is 30.8. The quantitative estimate of drug-likeness (QED) is 0.674. The van der Waals surface area contributed by atoms with E-state index >= 15 is 0 Å². The van der Waals surface area contributed by atoms with Gasteiger partial charge in [0.25, 0.3) is 0 Å². The van der Waals surface area contributed by atoms with Crippen LogP contribution in [0.15, 0.2) is 30.3 Å². The molecule has 1 aromatic carbocycles. The van der Waals surface area contributed by atoms with Crippen LogP contribution in [-0.2, 0) is 9.59 Å². The van der Waals surface area contributed by atoms with Crippen molar-refractivity contribution in [2.45, 2.75) is 43.8 Å². The van der Waals surface area contributed by atoms with Crippen LogP contribution >= 0.6 is 0 Å². The van der Waals surface area contributed by atoms with Gasteiger partial charge < -0.3 is 16.0 Å². The van der Waals surface area contributed by atoms with Crippen molar-refractivity contribution in [2.75, 3.05) is 46.8 Å². The number of carbonyl (C=O) groups excluding carboxylic acids is 2. The number of hydrogen-bond acceptors (Lipinski definition) is 5. The second-order valence-corrected chi connectivity index (χ2v) is 8.50. The Balaban J connectivity index is 1.43. The number of nitrogens with two attached hydrogens (primary N) is 1. The number of carbonyl (C=O) groups is 2. The van der Waals surface area contributed by atoms with Crippen molar-refractivity contribution in [3.8, 4) is 0 Å². The van der Waals surface area contributed by atoms with E-state index in [0.29, 0.717) is 19.1 Å². The summed E-state index contributed by atoms with van der Waals surface area (Å²) in [7, 11) is 4.07. The summed E-state index contributed by atoms with van der Waals surface area (Å²) in [5, 5.41) is 3.10. The largest absolute Gasteiger partial charge is 0.368 e. The molecule has 2 aliphatic rings. The molecule has 3 rings (SSSR count). The first-order valence-electron chi connectivity index (χ1n) is 10.7. The average Bonchev–Trinajstić information content (AvgIpc) is 3.19. The SMILES string of the molecule is CN(C)C(CNC(=O)CN1CCC(N2CCCC2C(N)=O)CC1)c1ccccc1. The fourth-order valence-corrected chi connectivity index (χ4v) is 4.68. The predicted molar refractivity (Wildman–Crippen MR) is 114 cm³/mol. The Hall–Kier alpha value is -1.96. The van der Waals surface area contributed by atoms with Crippen LogP contribution in [0.4, 0.5) is 0 Å². The molecule has 0 spiro atoms. The van der Waals surface area contributed by atoms with E-state index in [-0.39, 0.29) is 23.9 Å². The molecule has 2 unspecified atom stereocenters. The van der Waals surface area contributed by atoms with Crippen molar-refractivity contribution >= 4 is 11.8 Å². The second kappa shape index (κ2) is 10.2. The van der Waals surface area contributed by atoms with Gasteiger partial charge >= 0.3 is 0 Å². The molecule has 2 heterocycles. The molecule has 2 amide bonds. The van der Waals surface area contributed by atoms with Crippen molar-refractivity contribution in [3.63, 3.8) is 0 Å². The zero-order valence-corrected chi connectivity index (χ0v) is 17.7. The van der Waals surface area contributed by atoms with Crippen molar-refractivity contribution in [2.24, 2.45) is 5.73 Å². The lowest BCUT2D eigenvalue weighted by Gasteiger charge is -2.38. The fourth-order valence-electron chi connectivity index (χ4n) is 4.68. The highest BCUT2D eigenvalue weighted by Gasteiger charge is 2.35. The molecule has 0 aromatic heterocycles. The number of nitrogens with zero attached hydrogens (tertiary/aromatic N) is 3. The van der Waals surface area contributed by atoms with Gasteiger partial charge in [-0.3, -0.25) is 19.4 Å². The summed E-state index contributed by atoms with van der Waals surface area (Å²) in [5.74, 6) is -0.124. The Bertz CT molecular complexity index is 673. The normalized spacial score (nSPS) is 22.7. The Morgan fingerprint density at radius 1 is 1.14 bits per heavy atom. The smallest absolute Gasteiger partial charge is 0.234 e. The first-order valence-corrected chi connectivity index (χ1v) is 10.7. The molecular formula is C22H35N5O2. The topological polar surface area (TPSA) is 81.9 Å². The maximum absolute atomic E-state index is 12.5. The van der Waals surface area contributed by atoms with Crippen molar-refractivity contribution < 1.29 is 9.59 Å². The van der Waals surface area contributed by atoms with Crippen LogP contribution in [0.2, 0.25) is 0 Å². The number of likely N-dealkylation sites (N-methyl/N-ethyl adjacent to an activating group) is 1. The summed E-state index contributed by atoms with van der Waals surface area (Å²) in [5.41, 5.74) is 6.76. The van der Waals surface area contributed by atoms with Crippen LogP contribution < -0.4 is 11.1 Å². The third-order valence-corrected chi connectivity index (χ3v) is 6.32. The number of piperidine rings is 1. The number of primary amides is 1. The Morgan fingerprint density at radius 3 is 2.45 bits per heavy atom. The molecule has 1 aromatic rings. The zero-order chi connectivity index (χ0) is 20.8. The molecule has 7 nitrogen and oxygen atoms in total. The van der Waals surface area contributed by atoms with Gasteiger partial charge in [-0.25, -0.2) is 0 Å². The van der Waals surface area contributed by atoms with Crippen LogP contribution in [0.3, 0.4) is 0 Å². The van der Waals surface area contributed by atoms with Crippen LogP contribution in [0.1, 0.15) is 37.3 Å². The third-order valence-electron chi connectivity index (χ3n) is 6.32. The number of hydrogen-bond donors (Lipinski definition) is 2. The number of rotatable bonds is 8. The number of benzene rings is 1. The predicted octanol–water partition coefficient (Wildman–Crippen LogP) is 0.820. The van der Waals surface area contributed by atoms with E-state index in [1.807, 2.05) is 32.3 Å². The highest BCUT2D eigenvalue weighted by atomic mass is 16.2. The van der Waals surface area contributed by atoms with Crippen molar-refractivity contribution in [1.82, 2.24) is 20.0 Å². The molecule has 0 bridgehead atoms. The van der Waals surface area contributed by atoms with Crippen LogP contribution in [0.5, 0.6) is 0 Å². The molecule has 7 heteroatoms. The van der Waals surface area contributed by atoms with E-state index < -0.39 is 0 Å². The second-order valence-electron chi connectivity index (χ2n) is 8.50. The van der Waals surface area contributed by atoms with E-state index in [0.717, 1.165) is 45.3 Å². The van der Waals surface area contributed by atoms with Gasteiger partial charge in [-0.1, -0.05) is 30.3 Å². The summed E-state index contributed by atoms with van der Waals surface area (Å²) in [6, 6.07) is 10.7. The molecule has 0 saturated carbocycles. The summed E-state index contributed by atoms with van der Waals surface area (Å²) >= 11 is 0. The van der Waals surface area contributed by atoms with Gasteiger partial charge in [0.05, 0.1) is 18.6 Å². The lowest BCUT2D eigenvalue weighted by atomic mass is 10.0. The third kappa shape index (κ3) is 5.78. The molecule has 2 fully saturated rings. The summed E-state index contributed by atoms with van der Waals surface area (Å²) in [6.45, 7) is 3.76. The fraction of sp³-hybridized carbons (Fsp3) is 0.636. The standard InChI is InChI=1S/C22H35N5O2/c1-25(2)20(17-7-4-3-5-8-17)15-24-21(28)16-26-13-10-18(11-14-26)27-12-6-9-19(27)22(23)29/h3-5,7-8,18-20H,6,9-16H2,1-2H3,(H2,23,29)(H,24,28). The van der Waals surface area contributed by atoms with Gasteiger partial charge in [0.2, 0.25) is 11.8 Å². The van der Waals surface area contributed by atoms with Gasteiger partial charge in [-0.05, 0) is 51.9 Å². The van der Waals surface area contributed by atoms with E-state index in [1.54, 1.807) is 0 Å². The van der Waals surface area contributed by atoms with Gasteiger partial charge in [-0.2, -0.15) is 0 Å². The van der Waals surface area contributed by atoms with E-state index in [4.69, 9.17) is 5.73 Å². The molecule has 2 saturated heterocycles. The lowest BCUT2D eigenvalue weighted by Crippen LogP contribution is -2.51. The van der Waals surface area contributed by atoms with Crippen LogP contribution in [0.25, 0.3) is 0 Å². The van der Waals surface area contributed by atoms with Gasteiger partial charge in [0.1, 0.15) is 0 Å². The van der Waals surface area contributed by atoms with Gasteiger partial charge in [0, 0.05) is 25.7 Å². The van der Waals surface area contributed by atoms with Crippen LogP contribution in [-0.4, -0.2) is 85.4 Å². The van der Waals surface area contributed by atoms with Crippen LogP contribution in [0, 0.1) is 0 Å². The minimum Gasteiger partial charge on any atom is -0.368 e. The highest BCUT2D eigenvalue weighted by molar-refractivity contribution is 5.80. The van der Waals surface area contributed by atoms with E-state index in [1.165, 1.54) is 5.56 Å². The summed E-state index contributed by atoms with van der Waals surface area (Å²) in [6.07, 6.45) is 3.90. The first-order chi connectivity index (χ1) is 14.0.